The van der Waals surface area contributed by atoms with Crippen LogP contribution in [0.4, 0.5) is 0 Å². The summed E-state index contributed by atoms with van der Waals surface area (Å²) in [5, 5.41) is 4.74. The van der Waals surface area contributed by atoms with E-state index in [9.17, 15) is 0 Å². The molecule has 1 aliphatic carbocycles. The van der Waals surface area contributed by atoms with Gasteiger partial charge in [-0.25, -0.2) is 0 Å². The summed E-state index contributed by atoms with van der Waals surface area (Å²) in [5.74, 6) is 1.17. The Labute approximate surface area is 287 Å². The van der Waals surface area contributed by atoms with Crippen LogP contribution in [-0.4, -0.2) is 4.98 Å². The lowest BCUT2D eigenvalue weighted by molar-refractivity contribution is 0.514. The zero-order valence-electron chi connectivity index (χ0n) is 28.9. The Hall–Kier alpha value is -5.01. The topological polar surface area (TPSA) is 12.9 Å². The summed E-state index contributed by atoms with van der Waals surface area (Å²) in [6.07, 6.45) is 21.3. The molecule has 1 heterocycles. The van der Waals surface area contributed by atoms with Crippen LogP contribution < -0.4 is 10.4 Å². The van der Waals surface area contributed by atoms with E-state index < -0.39 is 0 Å². The van der Waals surface area contributed by atoms with Gasteiger partial charge in [0.15, 0.2) is 0 Å². The van der Waals surface area contributed by atoms with E-state index in [1.807, 2.05) is 30.6 Å². The number of hydrogen-bond donors (Lipinski definition) is 0. The van der Waals surface area contributed by atoms with Crippen molar-refractivity contribution < 1.29 is 0 Å². The molecule has 0 fully saturated rings. The lowest BCUT2D eigenvalue weighted by Crippen LogP contribution is -2.26. The summed E-state index contributed by atoms with van der Waals surface area (Å²) in [4.78, 5) is 4.49. The van der Waals surface area contributed by atoms with Crippen LogP contribution >= 0.6 is 0 Å². The van der Waals surface area contributed by atoms with E-state index in [2.05, 4.69) is 149 Å². The van der Waals surface area contributed by atoms with Crippen molar-refractivity contribution in [3.8, 4) is 11.1 Å². The average Bonchev–Trinajstić information content (AvgIpc) is 3.12. The molecule has 3 atom stereocenters. The highest BCUT2D eigenvalue weighted by molar-refractivity contribution is 5.97. The van der Waals surface area contributed by atoms with Crippen molar-refractivity contribution >= 4 is 35.1 Å². The van der Waals surface area contributed by atoms with E-state index in [0.717, 1.165) is 29.2 Å². The van der Waals surface area contributed by atoms with Crippen LogP contribution in [0.2, 0.25) is 0 Å². The third-order valence-electron chi connectivity index (χ3n) is 10.2. The van der Waals surface area contributed by atoms with Crippen LogP contribution in [0.3, 0.4) is 0 Å². The average molecular weight is 626 g/mol. The van der Waals surface area contributed by atoms with Gasteiger partial charge < -0.3 is 0 Å². The van der Waals surface area contributed by atoms with Crippen molar-refractivity contribution in [2.24, 2.45) is 11.8 Å². The maximum absolute atomic E-state index is 4.49. The van der Waals surface area contributed by atoms with Crippen molar-refractivity contribution in [2.75, 3.05) is 0 Å². The quantitative estimate of drug-likeness (QED) is 0.141. The van der Waals surface area contributed by atoms with Crippen molar-refractivity contribution in [2.45, 2.75) is 52.9 Å². The predicted octanol–water partition coefficient (Wildman–Crippen LogP) is 11.2. The zero-order valence-corrected chi connectivity index (χ0v) is 28.9. The van der Waals surface area contributed by atoms with Gasteiger partial charge in [-0.2, -0.15) is 0 Å². The molecule has 0 radical (unpaired) electrons. The molecular weight excluding hydrogens is 579 g/mol. The Bertz CT molecular complexity index is 2140. The summed E-state index contributed by atoms with van der Waals surface area (Å²) in [6, 6.07) is 30.3. The smallest absolute Gasteiger partial charge is 0.0352 e. The highest BCUT2D eigenvalue weighted by Crippen LogP contribution is 2.44. The number of allylic oxidation sites excluding steroid dienone is 6. The first-order chi connectivity index (χ1) is 23.4. The molecule has 0 saturated carbocycles. The minimum Gasteiger partial charge on any atom is -0.264 e. The maximum atomic E-state index is 4.49. The van der Waals surface area contributed by atoms with Gasteiger partial charge in [0.25, 0.3) is 0 Å². The summed E-state index contributed by atoms with van der Waals surface area (Å²) >= 11 is 0. The third-order valence-corrected chi connectivity index (χ3v) is 10.2. The largest absolute Gasteiger partial charge is 0.264 e. The van der Waals surface area contributed by atoms with Crippen LogP contribution in [0.25, 0.3) is 46.2 Å². The van der Waals surface area contributed by atoms with Crippen molar-refractivity contribution in [3.05, 3.63) is 172 Å². The van der Waals surface area contributed by atoms with Gasteiger partial charge in [-0.3, -0.25) is 4.98 Å². The molecule has 1 nitrogen and oxygen atoms in total. The van der Waals surface area contributed by atoms with Crippen LogP contribution in [0.15, 0.2) is 134 Å². The SMILES string of the molecule is C=C(/C=C\c1cc/c(=C/CC(C)C2=CC(c3c(C)cccc3-c3cccc4ccncc34)C(CCC)C=C2)c(=C)c1C)c1ccccc1. The molecule has 1 aromatic heterocycles. The lowest BCUT2D eigenvalue weighted by Gasteiger charge is -2.31. The van der Waals surface area contributed by atoms with Crippen molar-refractivity contribution in [1.29, 1.82) is 0 Å². The van der Waals surface area contributed by atoms with Gasteiger partial charge in [-0.1, -0.05) is 149 Å². The fraction of sp³-hybridized carbons (Fsp3) is 0.213. The predicted molar refractivity (Wildman–Crippen MR) is 209 cm³/mol. The standard InChI is InChI=1S/C47H47N/c1-7-13-40-26-27-42(30-45(40)47-34(4)14-11-19-44(47)43-18-12-17-41-28-29-48-31-46(41)43)33(3)21-23-39-25-24-38(35(5)36(39)6)22-20-32(2)37-15-9-8-10-16-37/h8-12,14-20,22-31,33,40,45H,2,6-7,13,21H2,1,3-5H3/b22-20-,39-23-. The van der Waals surface area contributed by atoms with E-state index in [4.69, 9.17) is 0 Å². The number of benzene rings is 4. The van der Waals surface area contributed by atoms with Gasteiger partial charge in [0.1, 0.15) is 0 Å². The third kappa shape index (κ3) is 6.97. The van der Waals surface area contributed by atoms with E-state index in [1.165, 1.54) is 61.4 Å². The van der Waals surface area contributed by atoms with Gasteiger partial charge in [-0.15, -0.1) is 0 Å². The Morgan fingerprint density at radius 1 is 0.917 bits per heavy atom. The number of rotatable bonds is 10. The number of pyridine rings is 1. The van der Waals surface area contributed by atoms with Crippen LogP contribution in [0.5, 0.6) is 0 Å². The van der Waals surface area contributed by atoms with E-state index in [-0.39, 0.29) is 0 Å². The molecule has 0 bridgehead atoms. The highest BCUT2D eigenvalue weighted by atomic mass is 14.6. The molecule has 0 amide bonds. The molecule has 4 aromatic carbocycles. The number of fused-ring (bicyclic) bond motifs is 1. The lowest BCUT2D eigenvalue weighted by atomic mass is 9.73. The number of aromatic nitrogens is 1. The number of hydrogen-bond acceptors (Lipinski definition) is 1. The first-order valence-electron chi connectivity index (χ1n) is 17.4. The van der Waals surface area contributed by atoms with Gasteiger partial charge >= 0.3 is 0 Å². The molecule has 0 N–H and O–H groups in total. The number of nitrogens with zero attached hydrogens (tertiary/aromatic N) is 1. The minimum atomic E-state index is 0.317. The molecule has 3 unspecified atom stereocenters. The molecule has 1 heteroatoms. The maximum Gasteiger partial charge on any atom is 0.0352 e. The van der Waals surface area contributed by atoms with Gasteiger partial charge in [0.05, 0.1) is 0 Å². The van der Waals surface area contributed by atoms with Crippen molar-refractivity contribution in [1.82, 2.24) is 4.98 Å². The van der Waals surface area contributed by atoms with E-state index in [1.54, 1.807) is 0 Å². The first-order valence-corrected chi connectivity index (χ1v) is 17.4. The fourth-order valence-corrected chi connectivity index (χ4v) is 7.23. The Morgan fingerprint density at radius 2 is 1.71 bits per heavy atom. The van der Waals surface area contributed by atoms with E-state index in [0.29, 0.717) is 17.8 Å². The van der Waals surface area contributed by atoms with Gasteiger partial charge in [0, 0.05) is 23.7 Å². The second-order valence-corrected chi connectivity index (χ2v) is 13.4. The molecule has 0 spiro atoms. The molecule has 48 heavy (non-hydrogen) atoms. The Morgan fingerprint density at radius 3 is 2.52 bits per heavy atom. The first kappa shape index (κ1) is 32.9. The molecule has 1 aliphatic rings. The second kappa shape index (κ2) is 14.8. The van der Waals surface area contributed by atoms with Gasteiger partial charge in [0.2, 0.25) is 0 Å². The number of aryl methyl sites for hydroxylation is 1. The summed E-state index contributed by atoms with van der Waals surface area (Å²) in [7, 11) is 0. The normalized spacial score (nSPS) is 17.2. The summed E-state index contributed by atoms with van der Waals surface area (Å²) in [6.45, 7) is 17.9. The van der Waals surface area contributed by atoms with E-state index >= 15 is 0 Å². The van der Waals surface area contributed by atoms with Crippen LogP contribution in [0.1, 0.15) is 66.8 Å². The second-order valence-electron chi connectivity index (χ2n) is 13.4. The summed E-state index contributed by atoms with van der Waals surface area (Å²) in [5.41, 5.74) is 11.3. The molecule has 0 aliphatic heterocycles. The zero-order chi connectivity index (χ0) is 33.6. The molecule has 0 saturated heterocycles. The monoisotopic (exact) mass is 625 g/mol. The van der Waals surface area contributed by atoms with Gasteiger partial charge in [-0.05, 0) is 111 Å². The van der Waals surface area contributed by atoms with Crippen molar-refractivity contribution in [3.63, 3.8) is 0 Å². The highest BCUT2D eigenvalue weighted by Gasteiger charge is 2.27. The Kier molecular flexibility index (Phi) is 10.2. The van der Waals surface area contributed by atoms with Crippen LogP contribution in [0, 0.1) is 25.7 Å². The molecule has 6 rings (SSSR count). The van der Waals surface area contributed by atoms with Crippen LogP contribution in [-0.2, 0) is 0 Å². The summed E-state index contributed by atoms with van der Waals surface area (Å²) < 4.78 is 0. The Balaban J connectivity index is 1.29. The molecule has 5 aromatic rings. The minimum absolute atomic E-state index is 0.317. The fourth-order valence-electron chi connectivity index (χ4n) is 7.23. The molecular formula is C47H47N. The molecule has 240 valence electrons.